The second-order valence-electron chi connectivity index (χ2n) is 16.1. The third kappa shape index (κ3) is 64.2. The van der Waals surface area contributed by atoms with Gasteiger partial charge in [0, 0.05) is 687 Å². The van der Waals surface area contributed by atoms with Crippen molar-refractivity contribution in [1.29, 1.82) is 0 Å². The first-order valence-corrected chi connectivity index (χ1v) is 20.4. The Morgan fingerprint density at radius 2 is 0.866 bits per heavy atom. The standard InChI is InChI=1S/C44H82O2.21Y/c1-11-16-19-22-23-25-28-36(6)44(32-26-21-18-13-3,33-27-24-20-17-12-2)38(8)43(15-5,31-14-4)37(7)29-30-39-34-40(45)35-41(46)42(39,9)10;;;;;;;;;;;;;;;;;;;;;/h29-30,34-36,38,40-41,45-46H,11-28,31-33H2,1-10H3;;;;;;;;;;;;;;;;;;;;;/q-2;;;;;;;;;;;;;;;;;;;;;/b37-29+,39-30+;;;;;;;;;;;;;;;;;;;;;/t36?,38?,40-,41+,43-,44+;;;;;;;;;;;;;;;;;;;;;/m1...................../s1. The van der Waals surface area contributed by atoms with Gasteiger partial charge >= 0.3 is 0 Å². The Morgan fingerprint density at radius 1 is 0.522 bits per heavy atom. The first kappa shape index (κ1) is 149. The molecule has 335 valence electrons. The van der Waals surface area contributed by atoms with Gasteiger partial charge in [0.05, 0.1) is 0 Å². The van der Waals surface area contributed by atoms with E-state index < -0.39 is 17.6 Å². The van der Waals surface area contributed by atoms with Gasteiger partial charge in [-0.25, -0.2) is 18.1 Å². The molecular weight excluding hydrogens is 2430 g/mol. The minimum absolute atomic E-state index is 0. The van der Waals surface area contributed by atoms with Gasteiger partial charge in [-0.05, 0) is 60.7 Å². The molecule has 2 N–H and O–H groups in total. The van der Waals surface area contributed by atoms with E-state index in [0.717, 1.165) is 17.9 Å². The summed E-state index contributed by atoms with van der Waals surface area (Å²) in [6, 6.07) is 0. The van der Waals surface area contributed by atoms with E-state index in [1.54, 1.807) is 6.42 Å². The number of hydrogen-bond acceptors (Lipinski definition) is 2. The van der Waals surface area contributed by atoms with Gasteiger partial charge in [0.2, 0.25) is 0 Å². The van der Waals surface area contributed by atoms with E-state index in [9.17, 15) is 10.2 Å². The molecule has 2 nitrogen and oxygen atoms in total. The summed E-state index contributed by atoms with van der Waals surface area (Å²) >= 11 is 0. The van der Waals surface area contributed by atoms with Crippen LogP contribution in [0.2, 0.25) is 0 Å². The molecule has 0 spiro atoms. The first-order chi connectivity index (χ1) is 21.9. The Labute approximate surface area is 949 Å². The summed E-state index contributed by atoms with van der Waals surface area (Å²) in [5, 5.41) is 21.2. The molecule has 2 unspecified atom stereocenters. The summed E-state index contributed by atoms with van der Waals surface area (Å²) in [5.41, 5.74) is 2.61. The average molecular weight is 2510 g/mol. The molecule has 6 atom stereocenters. The Morgan fingerprint density at radius 3 is 1.22 bits per heavy atom. The molecule has 0 aromatic heterocycles. The van der Waals surface area contributed by atoms with Gasteiger partial charge in [-0.1, -0.05) is 183 Å². The smallest absolute Gasteiger partial charge is 0 e. The van der Waals surface area contributed by atoms with Gasteiger partial charge in [0.15, 0.2) is 0 Å². The first-order valence-electron chi connectivity index (χ1n) is 20.4. The van der Waals surface area contributed by atoms with E-state index in [2.05, 4.69) is 81.4 Å². The van der Waals surface area contributed by atoms with Crippen molar-refractivity contribution >= 4 is 0 Å². The quantitative estimate of drug-likeness (QED) is 0.0669. The molecule has 67 heavy (non-hydrogen) atoms. The fourth-order valence-electron chi connectivity index (χ4n) is 9.15. The van der Waals surface area contributed by atoms with Crippen LogP contribution in [0.4, 0.5) is 0 Å². The van der Waals surface area contributed by atoms with Crippen molar-refractivity contribution in [3.8, 4) is 0 Å². The van der Waals surface area contributed by atoms with E-state index in [-0.39, 0.29) is 692 Å². The van der Waals surface area contributed by atoms with Crippen LogP contribution in [0.5, 0.6) is 0 Å². The fraction of sp³-hybridized carbons (Fsp3) is 0.864. The normalized spacial score (nSPS) is 16.1. The Balaban J connectivity index is -0.0000000530. The maximum absolute atomic E-state index is 10.8. The van der Waals surface area contributed by atoms with Gasteiger partial charge in [0.1, 0.15) is 0 Å². The number of aliphatic hydroxyl groups excluding tert-OH is 2. The van der Waals surface area contributed by atoms with Crippen LogP contribution in [0, 0.1) is 40.9 Å². The largest absolute Gasteiger partial charge is 0.438 e. The van der Waals surface area contributed by atoms with E-state index in [0.29, 0.717) is 11.3 Å². The van der Waals surface area contributed by atoms with E-state index >= 15 is 0 Å². The zero-order valence-electron chi connectivity index (χ0n) is 45.0. The van der Waals surface area contributed by atoms with Crippen molar-refractivity contribution in [3.05, 3.63) is 36.1 Å². The molecule has 1 aliphatic rings. The van der Waals surface area contributed by atoms with Crippen molar-refractivity contribution in [1.82, 2.24) is 0 Å². The van der Waals surface area contributed by atoms with Crippen LogP contribution in [-0.2, 0) is 687 Å². The second kappa shape index (κ2) is 97.1. The van der Waals surface area contributed by atoms with E-state index in [1.807, 2.05) is 6.42 Å². The number of unbranched alkanes of at least 4 members (excludes halogenated alkanes) is 12. The van der Waals surface area contributed by atoms with Gasteiger partial charge in [-0.15, -0.1) is 12.2 Å². The molecule has 0 aromatic rings. The molecule has 0 aliphatic heterocycles. The van der Waals surface area contributed by atoms with Crippen LogP contribution in [0.15, 0.2) is 23.3 Å². The Kier molecular flexibility index (Phi) is 217. The zero-order valence-corrected chi connectivity index (χ0v) is 105. The van der Waals surface area contributed by atoms with Gasteiger partial charge in [0.25, 0.3) is 0 Å². The molecule has 0 amide bonds. The van der Waals surface area contributed by atoms with Crippen LogP contribution in [-0.4, -0.2) is 22.4 Å². The third-order valence-corrected chi connectivity index (χ3v) is 12.7. The van der Waals surface area contributed by atoms with Crippen LogP contribution < -0.4 is 0 Å². The summed E-state index contributed by atoms with van der Waals surface area (Å²) in [7, 11) is 0. The summed E-state index contributed by atoms with van der Waals surface area (Å²) in [4.78, 5) is 0. The number of rotatable bonds is 26. The minimum Gasteiger partial charge on any atom is -0.438 e. The third-order valence-electron chi connectivity index (χ3n) is 12.7. The number of allylic oxidation sites excluding steroid dienone is 3. The molecule has 1 fully saturated rings. The Hall–Kier alpha value is 22.5. The van der Waals surface area contributed by atoms with Crippen molar-refractivity contribution in [2.75, 3.05) is 0 Å². The maximum atomic E-state index is 10.8. The van der Waals surface area contributed by atoms with Crippen molar-refractivity contribution in [2.24, 2.45) is 28.1 Å². The van der Waals surface area contributed by atoms with Crippen LogP contribution in [0.3, 0.4) is 0 Å². The monoisotopic (exact) mass is 2510 g/mol. The average Bonchev–Trinajstić information content (AvgIpc) is 3.03. The molecule has 21 radical (unpaired) electrons. The molecule has 23 heteroatoms. The van der Waals surface area contributed by atoms with Crippen LogP contribution >= 0.6 is 0 Å². The van der Waals surface area contributed by atoms with Crippen LogP contribution in [0.1, 0.15) is 204 Å². The summed E-state index contributed by atoms with van der Waals surface area (Å²) in [5.74, 6) is 1.32. The molecule has 1 rings (SSSR count). The SMILES string of the molecule is CCCCCCCCC(C)[C@](CCCCCC)(CCCCCCC)C(C)[C@](CC)(CCC)/C(C)=C/C=C1\[CH-][C@@H](O)[CH-][C@H](O)C1(C)C.[Y].[Y].[Y].[Y].[Y].[Y].[Y].[Y].[Y].[Y].[Y].[Y].[Y].[Y].[Y].[Y].[Y].[Y].[Y].[Y].[Y]. The predicted octanol–water partition coefficient (Wildman–Crippen LogP) is 13.5. The zero-order chi connectivity index (χ0) is 34.6. The van der Waals surface area contributed by atoms with Crippen molar-refractivity contribution in [3.63, 3.8) is 0 Å². The van der Waals surface area contributed by atoms with Crippen molar-refractivity contribution < 1.29 is 697 Å². The second-order valence-corrected chi connectivity index (χ2v) is 16.1. The molecule has 0 aromatic carbocycles. The molecule has 0 heterocycles. The van der Waals surface area contributed by atoms with Gasteiger partial charge in [-0.3, -0.25) is 6.42 Å². The van der Waals surface area contributed by atoms with Gasteiger partial charge < -0.3 is 10.2 Å². The summed E-state index contributed by atoms with van der Waals surface area (Å²) < 4.78 is 0. The summed E-state index contributed by atoms with van der Waals surface area (Å²) in [6.07, 6.45) is 35.0. The predicted molar refractivity (Wildman–Crippen MR) is 205 cm³/mol. The molecule has 1 saturated carbocycles. The topological polar surface area (TPSA) is 40.5 Å². The van der Waals surface area contributed by atoms with Gasteiger partial charge in [-0.2, -0.15) is 0 Å². The Bertz CT molecular complexity index is 899. The fourth-order valence-corrected chi connectivity index (χ4v) is 9.15. The number of aliphatic hydroxyl groups is 2. The molecule has 1 aliphatic carbocycles. The van der Waals surface area contributed by atoms with Crippen LogP contribution in [0.25, 0.3) is 0 Å². The van der Waals surface area contributed by atoms with E-state index in [4.69, 9.17) is 0 Å². The number of hydrogen-bond donors (Lipinski definition) is 2. The van der Waals surface area contributed by atoms with E-state index in [1.165, 1.54) is 134 Å². The maximum Gasteiger partial charge on any atom is 0 e. The van der Waals surface area contributed by atoms with Crippen molar-refractivity contribution in [2.45, 2.75) is 216 Å². The minimum atomic E-state index is -0.695. The molecule has 0 bridgehead atoms. The molecular formula is C44H82O2Y21-2. The summed E-state index contributed by atoms with van der Waals surface area (Å²) in [6.45, 7) is 23.8. The molecule has 0 saturated heterocycles.